The molecule has 21 heavy (non-hydrogen) atoms. The molecule has 1 heterocycles. The number of aliphatic hydroxyl groups excluding tert-OH is 1. The first kappa shape index (κ1) is 13.8. The minimum Gasteiger partial charge on any atom is -0.388 e. The number of hydrogen-bond acceptors (Lipinski definition) is 3. The minimum absolute atomic E-state index is 0.277. The van der Waals surface area contributed by atoms with E-state index in [0.29, 0.717) is 6.42 Å². The highest BCUT2D eigenvalue weighted by molar-refractivity contribution is 5.60. The highest BCUT2D eigenvalue weighted by atomic mass is 16.3. The Labute approximate surface area is 124 Å². The molecule has 1 aromatic carbocycles. The number of nitrogens with zero attached hydrogens (tertiary/aromatic N) is 2. The third kappa shape index (κ3) is 2.55. The summed E-state index contributed by atoms with van der Waals surface area (Å²) in [5.41, 5.74) is 3.59. The topological polar surface area (TPSA) is 56.9 Å². The lowest BCUT2D eigenvalue weighted by molar-refractivity contribution is 0.173. The molecule has 1 aliphatic carbocycles. The molecule has 106 valence electrons. The van der Waals surface area contributed by atoms with Crippen molar-refractivity contribution >= 4 is 0 Å². The van der Waals surface area contributed by atoms with E-state index in [1.54, 1.807) is 0 Å². The van der Waals surface area contributed by atoms with E-state index in [9.17, 15) is 10.4 Å². The fraction of sp³-hybridized carbons (Fsp3) is 0.333. The summed E-state index contributed by atoms with van der Waals surface area (Å²) in [6, 6.07) is 14.2. The summed E-state index contributed by atoms with van der Waals surface area (Å²) < 4.78 is 0. The minimum atomic E-state index is -0.403. The molecule has 0 aliphatic heterocycles. The third-order valence-electron chi connectivity index (χ3n) is 4.26. The molecule has 1 aliphatic rings. The molecule has 1 aromatic heterocycles. The Morgan fingerprint density at radius 3 is 2.43 bits per heavy atom. The van der Waals surface area contributed by atoms with Gasteiger partial charge in [0.15, 0.2) is 0 Å². The monoisotopic (exact) mass is 278 g/mol. The van der Waals surface area contributed by atoms with E-state index in [-0.39, 0.29) is 5.41 Å². The lowest BCUT2D eigenvalue weighted by Crippen LogP contribution is -2.03. The average molecular weight is 278 g/mol. The number of aliphatic hydroxyl groups is 1. The number of nitriles is 1. The van der Waals surface area contributed by atoms with Crippen LogP contribution in [0.5, 0.6) is 0 Å². The van der Waals surface area contributed by atoms with Crippen LogP contribution in [0.3, 0.4) is 0 Å². The maximum atomic E-state index is 9.80. The number of pyridine rings is 1. The number of rotatable bonds is 4. The Hall–Kier alpha value is -2.18. The van der Waals surface area contributed by atoms with Gasteiger partial charge in [0.2, 0.25) is 0 Å². The van der Waals surface area contributed by atoms with Gasteiger partial charge in [0.25, 0.3) is 0 Å². The van der Waals surface area contributed by atoms with Gasteiger partial charge in [-0.05, 0) is 36.5 Å². The van der Waals surface area contributed by atoms with E-state index in [2.05, 4.69) is 11.1 Å². The van der Waals surface area contributed by atoms with Crippen LogP contribution < -0.4 is 0 Å². The van der Waals surface area contributed by atoms with Gasteiger partial charge in [-0.3, -0.25) is 4.98 Å². The van der Waals surface area contributed by atoms with Gasteiger partial charge in [-0.15, -0.1) is 0 Å². The summed E-state index contributed by atoms with van der Waals surface area (Å²) in [7, 11) is 0. The normalized spacial score (nSPS) is 17.0. The van der Waals surface area contributed by atoms with Crippen LogP contribution >= 0.6 is 0 Å². The highest BCUT2D eigenvalue weighted by Crippen LogP contribution is 2.47. The molecule has 1 atom stereocenters. The highest BCUT2D eigenvalue weighted by Gasteiger charge is 2.45. The maximum Gasteiger partial charge on any atom is 0.0838 e. The van der Waals surface area contributed by atoms with Gasteiger partial charge in [-0.25, -0.2) is 0 Å². The maximum absolute atomic E-state index is 9.80. The Morgan fingerprint density at radius 1 is 1.24 bits per heavy atom. The summed E-state index contributed by atoms with van der Waals surface area (Å²) in [6.07, 6.45) is 4.00. The van der Waals surface area contributed by atoms with Gasteiger partial charge in [0, 0.05) is 11.8 Å². The van der Waals surface area contributed by atoms with Gasteiger partial charge < -0.3 is 5.11 Å². The second-order valence-electron chi connectivity index (χ2n) is 5.67. The zero-order chi connectivity index (χ0) is 14.9. The Bertz CT molecular complexity index is 664. The van der Waals surface area contributed by atoms with E-state index < -0.39 is 6.10 Å². The second kappa shape index (κ2) is 5.31. The summed E-state index contributed by atoms with van der Waals surface area (Å²) in [4.78, 5) is 4.48. The molecule has 0 spiro atoms. The second-order valence-corrected chi connectivity index (χ2v) is 5.67. The van der Waals surface area contributed by atoms with Gasteiger partial charge in [-0.1, -0.05) is 37.3 Å². The molecule has 3 nitrogen and oxygen atoms in total. The zero-order valence-electron chi connectivity index (χ0n) is 12.1. The van der Waals surface area contributed by atoms with Crippen LogP contribution in [0.1, 0.15) is 43.4 Å². The first-order valence-corrected chi connectivity index (χ1v) is 7.35. The molecule has 1 saturated carbocycles. The van der Waals surface area contributed by atoms with Crippen molar-refractivity contribution in [2.24, 2.45) is 0 Å². The first-order chi connectivity index (χ1) is 10.2. The smallest absolute Gasteiger partial charge is 0.0838 e. The molecule has 0 radical (unpaired) electrons. The van der Waals surface area contributed by atoms with E-state index in [4.69, 9.17) is 0 Å². The van der Waals surface area contributed by atoms with Crippen molar-refractivity contribution in [1.82, 2.24) is 4.98 Å². The van der Waals surface area contributed by atoms with E-state index >= 15 is 0 Å². The molecule has 3 rings (SSSR count). The van der Waals surface area contributed by atoms with Crippen LogP contribution in [0.25, 0.3) is 11.3 Å². The van der Waals surface area contributed by atoms with Crippen molar-refractivity contribution < 1.29 is 5.11 Å². The van der Waals surface area contributed by atoms with Crippen LogP contribution in [-0.4, -0.2) is 10.1 Å². The molecule has 1 fully saturated rings. The molecule has 2 aromatic rings. The molecular weight excluding hydrogens is 260 g/mol. The summed E-state index contributed by atoms with van der Waals surface area (Å²) in [5, 5.41) is 19.0. The Balaban J connectivity index is 1.83. The molecule has 3 heteroatoms. The number of benzene rings is 1. The van der Waals surface area contributed by atoms with Crippen molar-refractivity contribution in [3.8, 4) is 17.3 Å². The third-order valence-corrected chi connectivity index (χ3v) is 4.26. The van der Waals surface area contributed by atoms with E-state index in [0.717, 1.165) is 35.2 Å². The van der Waals surface area contributed by atoms with E-state index in [1.165, 1.54) is 0 Å². The Morgan fingerprint density at radius 2 is 1.95 bits per heavy atom. The summed E-state index contributed by atoms with van der Waals surface area (Å²) in [5.74, 6) is 0. The lowest BCUT2D eigenvalue weighted by Gasteiger charge is -2.10. The van der Waals surface area contributed by atoms with Crippen molar-refractivity contribution in [2.45, 2.75) is 37.7 Å². The van der Waals surface area contributed by atoms with Gasteiger partial charge in [-0.2, -0.15) is 5.26 Å². The van der Waals surface area contributed by atoms with Crippen molar-refractivity contribution in [1.29, 1.82) is 5.26 Å². The van der Waals surface area contributed by atoms with Gasteiger partial charge in [0.05, 0.1) is 23.3 Å². The Kier molecular flexibility index (Phi) is 3.48. The predicted octanol–water partition coefficient (Wildman–Crippen LogP) is 3.75. The largest absolute Gasteiger partial charge is 0.388 e. The van der Waals surface area contributed by atoms with E-state index in [1.807, 2.05) is 49.5 Å². The average Bonchev–Trinajstić information content (AvgIpc) is 3.36. The SMILES string of the molecule is CCC(O)c1ccc(-c2ccc(C3(C#N)CC3)cn2)cc1. The quantitative estimate of drug-likeness (QED) is 0.926. The van der Waals surface area contributed by atoms with Crippen LogP contribution in [0.2, 0.25) is 0 Å². The van der Waals surface area contributed by atoms with Crippen LogP contribution in [0, 0.1) is 11.3 Å². The molecule has 1 unspecified atom stereocenters. The van der Waals surface area contributed by atoms with Crippen LogP contribution in [0.4, 0.5) is 0 Å². The molecular formula is C18H18N2O. The zero-order valence-corrected chi connectivity index (χ0v) is 12.1. The van der Waals surface area contributed by atoms with Crippen molar-refractivity contribution in [3.05, 3.63) is 53.7 Å². The fourth-order valence-electron chi connectivity index (χ4n) is 2.55. The fourth-order valence-corrected chi connectivity index (χ4v) is 2.55. The number of hydrogen-bond donors (Lipinski definition) is 1. The molecule has 1 N–H and O–H groups in total. The number of aromatic nitrogens is 1. The van der Waals surface area contributed by atoms with Crippen LogP contribution in [-0.2, 0) is 5.41 Å². The molecule has 0 amide bonds. The van der Waals surface area contributed by atoms with Crippen molar-refractivity contribution in [2.75, 3.05) is 0 Å². The van der Waals surface area contributed by atoms with Gasteiger partial charge in [0.1, 0.15) is 0 Å². The summed E-state index contributed by atoms with van der Waals surface area (Å²) in [6.45, 7) is 1.96. The van der Waals surface area contributed by atoms with Crippen molar-refractivity contribution in [3.63, 3.8) is 0 Å². The molecule has 0 saturated heterocycles. The molecule has 0 bridgehead atoms. The van der Waals surface area contributed by atoms with Gasteiger partial charge >= 0.3 is 0 Å². The van der Waals surface area contributed by atoms with Crippen LogP contribution in [0.15, 0.2) is 42.6 Å². The standard InChI is InChI=1S/C18H18N2O/c1-2-17(21)14-5-3-13(4-6-14)16-8-7-15(11-20-16)18(12-19)9-10-18/h3-8,11,17,21H,2,9-10H2,1H3. The summed E-state index contributed by atoms with van der Waals surface area (Å²) >= 11 is 0. The predicted molar refractivity (Wildman–Crippen MR) is 81.4 cm³/mol. The lowest BCUT2D eigenvalue weighted by atomic mass is 9.98. The first-order valence-electron chi connectivity index (χ1n) is 7.35.